The van der Waals surface area contributed by atoms with Crippen LogP contribution in [0.5, 0.6) is 0 Å². The maximum Gasteiger partial charge on any atom is 0.0697 e. The van der Waals surface area contributed by atoms with E-state index >= 15 is 0 Å². The fourth-order valence-corrected chi connectivity index (χ4v) is 4.42. The molecule has 3 fully saturated rings. The third kappa shape index (κ3) is 2.45. The zero-order chi connectivity index (χ0) is 12.4. The summed E-state index contributed by atoms with van der Waals surface area (Å²) < 4.78 is 6.21. The molecule has 2 N–H and O–H groups in total. The van der Waals surface area contributed by atoms with Crippen LogP contribution in [0.1, 0.15) is 57.8 Å². The van der Waals surface area contributed by atoms with Gasteiger partial charge < -0.3 is 10.5 Å². The summed E-state index contributed by atoms with van der Waals surface area (Å²) in [5, 5.41) is 0. The molecule has 2 saturated heterocycles. The Morgan fingerprint density at radius 3 is 2.72 bits per heavy atom. The maximum absolute atomic E-state index is 6.21. The molecule has 1 aliphatic carbocycles. The van der Waals surface area contributed by atoms with Gasteiger partial charge in [-0.2, -0.15) is 0 Å². The summed E-state index contributed by atoms with van der Waals surface area (Å²) in [6.07, 6.45) is 11.9. The zero-order valence-corrected chi connectivity index (χ0v) is 11.6. The smallest absolute Gasteiger partial charge is 0.0697 e. The minimum absolute atomic E-state index is 0.239. The first kappa shape index (κ1) is 12.9. The number of nitrogens with two attached hydrogens (primary N) is 1. The number of hydrogen-bond donors (Lipinski definition) is 1. The van der Waals surface area contributed by atoms with E-state index < -0.39 is 0 Å². The van der Waals surface area contributed by atoms with Crippen molar-refractivity contribution in [1.82, 2.24) is 4.90 Å². The predicted octanol–water partition coefficient (Wildman–Crippen LogP) is 2.29. The molecular formula is C15H28N2O. The average Bonchev–Trinajstić information content (AvgIpc) is 2.88. The van der Waals surface area contributed by atoms with Crippen LogP contribution < -0.4 is 5.73 Å². The summed E-state index contributed by atoms with van der Waals surface area (Å²) in [6.45, 7) is 3.07. The first-order chi connectivity index (χ1) is 8.83. The molecule has 0 bridgehead atoms. The lowest BCUT2D eigenvalue weighted by atomic mass is 9.78. The van der Waals surface area contributed by atoms with E-state index in [1.165, 1.54) is 64.3 Å². The minimum atomic E-state index is 0.239. The third-order valence-electron chi connectivity index (χ3n) is 5.40. The number of hydrogen-bond acceptors (Lipinski definition) is 3. The van der Waals surface area contributed by atoms with Crippen molar-refractivity contribution in [2.45, 2.75) is 75.5 Å². The summed E-state index contributed by atoms with van der Waals surface area (Å²) in [6, 6.07) is 1.39. The molecule has 0 amide bonds. The van der Waals surface area contributed by atoms with E-state index in [1.54, 1.807) is 0 Å². The Morgan fingerprint density at radius 2 is 1.94 bits per heavy atom. The summed E-state index contributed by atoms with van der Waals surface area (Å²) in [5.74, 6) is 0. The fraction of sp³-hybridized carbons (Fsp3) is 1.00. The van der Waals surface area contributed by atoms with E-state index in [-0.39, 0.29) is 5.60 Å². The van der Waals surface area contributed by atoms with Crippen LogP contribution in [0, 0.1) is 0 Å². The van der Waals surface area contributed by atoms with E-state index in [0.717, 1.165) is 19.2 Å². The predicted molar refractivity (Wildman–Crippen MR) is 73.6 cm³/mol. The Balaban J connectivity index is 1.66. The molecule has 0 aromatic carbocycles. The minimum Gasteiger partial charge on any atom is -0.375 e. The van der Waals surface area contributed by atoms with Crippen molar-refractivity contribution in [3.05, 3.63) is 0 Å². The topological polar surface area (TPSA) is 38.5 Å². The summed E-state index contributed by atoms with van der Waals surface area (Å²) >= 11 is 0. The highest BCUT2D eigenvalue weighted by Crippen LogP contribution is 2.40. The lowest BCUT2D eigenvalue weighted by Gasteiger charge is -2.47. The number of nitrogens with zero attached hydrogens (tertiary/aromatic N) is 1. The van der Waals surface area contributed by atoms with Gasteiger partial charge in [0.25, 0.3) is 0 Å². The maximum atomic E-state index is 6.21. The molecule has 2 heterocycles. The van der Waals surface area contributed by atoms with Crippen molar-refractivity contribution in [2.24, 2.45) is 5.73 Å². The van der Waals surface area contributed by atoms with Gasteiger partial charge in [0.2, 0.25) is 0 Å². The van der Waals surface area contributed by atoms with E-state index in [2.05, 4.69) is 4.90 Å². The summed E-state index contributed by atoms with van der Waals surface area (Å²) in [5.41, 5.74) is 6.17. The van der Waals surface area contributed by atoms with Crippen molar-refractivity contribution in [1.29, 1.82) is 0 Å². The molecule has 0 aromatic rings. The second-order valence-electron chi connectivity index (χ2n) is 6.51. The normalized spacial score (nSPS) is 37.2. The summed E-state index contributed by atoms with van der Waals surface area (Å²) in [4.78, 5) is 2.71. The molecule has 1 spiro atoms. The molecule has 2 atom stereocenters. The Labute approximate surface area is 111 Å². The molecule has 18 heavy (non-hydrogen) atoms. The van der Waals surface area contributed by atoms with E-state index in [9.17, 15) is 0 Å². The zero-order valence-electron chi connectivity index (χ0n) is 11.6. The van der Waals surface area contributed by atoms with Crippen molar-refractivity contribution in [2.75, 3.05) is 19.7 Å². The van der Waals surface area contributed by atoms with Crippen molar-refractivity contribution < 1.29 is 4.74 Å². The van der Waals surface area contributed by atoms with Gasteiger partial charge in [0, 0.05) is 25.2 Å². The Morgan fingerprint density at radius 1 is 1.11 bits per heavy atom. The first-order valence-corrected chi connectivity index (χ1v) is 7.93. The monoisotopic (exact) mass is 252 g/mol. The van der Waals surface area contributed by atoms with Crippen LogP contribution in [0.15, 0.2) is 0 Å². The average molecular weight is 252 g/mol. The van der Waals surface area contributed by atoms with Crippen LogP contribution in [0.3, 0.4) is 0 Å². The van der Waals surface area contributed by atoms with Crippen LogP contribution in [0.2, 0.25) is 0 Å². The van der Waals surface area contributed by atoms with E-state index in [1.807, 2.05) is 0 Å². The van der Waals surface area contributed by atoms with E-state index in [4.69, 9.17) is 10.5 Å². The molecule has 0 aromatic heterocycles. The Bertz CT molecular complexity index is 270. The lowest BCUT2D eigenvalue weighted by molar-refractivity contribution is -0.125. The molecule has 3 nitrogen and oxygen atoms in total. The van der Waals surface area contributed by atoms with Gasteiger partial charge in [0.15, 0.2) is 0 Å². The van der Waals surface area contributed by atoms with Crippen LogP contribution in [-0.4, -0.2) is 42.3 Å². The number of rotatable bonds is 2. The molecule has 3 aliphatic rings. The van der Waals surface area contributed by atoms with Gasteiger partial charge in [-0.3, -0.25) is 4.90 Å². The molecule has 2 unspecified atom stereocenters. The Kier molecular flexibility index (Phi) is 3.92. The fourth-order valence-electron chi connectivity index (χ4n) is 4.42. The van der Waals surface area contributed by atoms with Crippen LogP contribution in [0.4, 0.5) is 0 Å². The quantitative estimate of drug-likeness (QED) is 0.819. The number of likely N-dealkylation sites (tertiary alicyclic amines) is 1. The third-order valence-corrected chi connectivity index (χ3v) is 5.40. The highest BCUT2D eigenvalue weighted by molar-refractivity contribution is 4.95. The summed E-state index contributed by atoms with van der Waals surface area (Å²) in [7, 11) is 0. The second kappa shape index (κ2) is 5.48. The van der Waals surface area contributed by atoms with Gasteiger partial charge in [-0.15, -0.1) is 0 Å². The van der Waals surface area contributed by atoms with Gasteiger partial charge in [-0.1, -0.05) is 19.3 Å². The van der Waals surface area contributed by atoms with Crippen LogP contribution in [-0.2, 0) is 4.74 Å². The van der Waals surface area contributed by atoms with Gasteiger partial charge in [0.1, 0.15) is 0 Å². The van der Waals surface area contributed by atoms with Gasteiger partial charge >= 0.3 is 0 Å². The molecular weight excluding hydrogens is 224 g/mol. The van der Waals surface area contributed by atoms with Crippen molar-refractivity contribution in [3.63, 3.8) is 0 Å². The standard InChI is InChI=1S/C15H28N2O/c16-12-14-5-4-9-17(14)13-6-10-18-15(11-13)7-2-1-3-8-15/h13-14H,1-12,16H2. The van der Waals surface area contributed by atoms with Crippen molar-refractivity contribution >= 4 is 0 Å². The van der Waals surface area contributed by atoms with Gasteiger partial charge in [-0.05, 0) is 45.1 Å². The van der Waals surface area contributed by atoms with Crippen LogP contribution in [0.25, 0.3) is 0 Å². The highest BCUT2D eigenvalue weighted by atomic mass is 16.5. The second-order valence-corrected chi connectivity index (χ2v) is 6.51. The SMILES string of the molecule is NCC1CCCN1C1CCOC2(CCCCC2)C1. The molecule has 0 radical (unpaired) electrons. The molecule has 104 valence electrons. The first-order valence-electron chi connectivity index (χ1n) is 7.93. The Hall–Kier alpha value is -0.120. The largest absolute Gasteiger partial charge is 0.375 e. The van der Waals surface area contributed by atoms with Gasteiger partial charge in [0.05, 0.1) is 5.60 Å². The highest BCUT2D eigenvalue weighted by Gasteiger charge is 2.42. The van der Waals surface area contributed by atoms with E-state index in [0.29, 0.717) is 6.04 Å². The number of ether oxygens (including phenoxy) is 1. The molecule has 2 aliphatic heterocycles. The lowest BCUT2D eigenvalue weighted by Crippen LogP contribution is -2.52. The van der Waals surface area contributed by atoms with Gasteiger partial charge in [-0.25, -0.2) is 0 Å². The van der Waals surface area contributed by atoms with Crippen molar-refractivity contribution in [3.8, 4) is 0 Å². The van der Waals surface area contributed by atoms with Crippen LogP contribution >= 0.6 is 0 Å². The molecule has 3 rings (SSSR count). The molecule has 3 heteroatoms. The molecule has 1 saturated carbocycles.